The van der Waals surface area contributed by atoms with Crippen LogP contribution in [0.5, 0.6) is 17.2 Å². The van der Waals surface area contributed by atoms with Crippen LogP contribution in [0.25, 0.3) is 0 Å². The largest absolute Gasteiger partial charge is 0.492 e. The molecule has 2 aromatic rings. The van der Waals surface area contributed by atoms with Gasteiger partial charge in [-0.25, -0.2) is 0 Å². The van der Waals surface area contributed by atoms with Crippen molar-refractivity contribution in [2.45, 2.75) is 27.7 Å². The van der Waals surface area contributed by atoms with Crippen molar-refractivity contribution in [3.63, 3.8) is 0 Å². The molecule has 106 valence electrons. The fourth-order valence-corrected chi connectivity index (χ4v) is 2.09. The van der Waals surface area contributed by atoms with Gasteiger partial charge in [-0.1, -0.05) is 6.07 Å². The van der Waals surface area contributed by atoms with Gasteiger partial charge in [-0.3, -0.25) is 0 Å². The second kappa shape index (κ2) is 5.87. The summed E-state index contributed by atoms with van der Waals surface area (Å²) in [4.78, 5) is 0. The molecule has 0 saturated heterocycles. The van der Waals surface area contributed by atoms with E-state index in [0.717, 1.165) is 17.1 Å². The fraction of sp³-hybridized carbons (Fsp3) is 0.294. The molecule has 0 aliphatic rings. The van der Waals surface area contributed by atoms with Gasteiger partial charge in [-0.05, 0) is 62.6 Å². The molecule has 2 rings (SSSR count). The summed E-state index contributed by atoms with van der Waals surface area (Å²) < 4.78 is 11.5. The van der Waals surface area contributed by atoms with Crippen LogP contribution in [-0.4, -0.2) is 6.61 Å². The standard InChI is InChI=1S/C17H21NO2/c1-5-19-17-10-14(6-7-15(17)18)20-16-9-11(2)8-12(3)13(16)4/h6-10H,5,18H2,1-4H3. The number of anilines is 1. The number of rotatable bonds is 4. The van der Waals surface area contributed by atoms with Gasteiger partial charge >= 0.3 is 0 Å². The number of benzene rings is 2. The molecule has 0 unspecified atom stereocenters. The van der Waals surface area contributed by atoms with Gasteiger partial charge in [0.15, 0.2) is 0 Å². The Hall–Kier alpha value is -2.16. The third-order valence-electron chi connectivity index (χ3n) is 3.28. The van der Waals surface area contributed by atoms with Crippen LogP contribution in [0.1, 0.15) is 23.6 Å². The maximum atomic E-state index is 5.98. The molecule has 3 nitrogen and oxygen atoms in total. The van der Waals surface area contributed by atoms with E-state index in [2.05, 4.69) is 26.8 Å². The quantitative estimate of drug-likeness (QED) is 0.839. The van der Waals surface area contributed by atoms with Crippen molar-refractivity contribution in [1.82, 2.24) is 0 Å². The molecule has 0 atom stereocenters. The lowest BCUT2D eigenvalue weighted by Crippen LogP contribution is -1.98. The molecule has 0 saturated carbocycles. The molecule has 0 heterocycles. The van der Waals surface area contributed by atoms with Gasteiger partial charge in [-0.15, -0.1) is 0 Å². The second-order valence-corrected chi connectivity index (χ2v) is 4.94. The number of aryl methyl sites for hydroxylation is 2. The Balaban J connectivity index is 2.33. The first-order valence-corrected chi connectivity index (χ1v) is 6.79. The van der Waals surface area contributed by atoms with Crippen LogP contribution < -0.4 is 15.2 Å². The third-order valence-corrected chi connectivity index (χ3v) is 3.28. The average molecular weight is 271 g/mol. The Morgan fingerprint density at radius 1 is 1.00 bits per heavy atom. The minimum Gasteiger partial charge on any atom is -0.492 e. The Morgan fingerprint density at radius 2 is 1.75 bits per heavy atom. The molecule has 0 aromatic heterocycles. The summed E-state index contributed by atoms with van der Waals surface area (Å²) in [6.07, 6.45) is 0. The van der Waals surface area contributed by atoms with Crippen LogP contribution in [0.2, 0.25) is 0 Å². The average Bonchev–Trinajstić information content (AvgIpc) is 2.39. The number of hydrogen-bond acceptors (Lipinski definition) is 3. The Morgan fingerprint density at radius 3 is 2.45 bits per heavy atom. The zero-order chi connectivity index (χ0) is 14.7. The van der Waals surface area contributed by atoms with Crippen LogP contribution >= 0.6 is 0 Å². The summed E-state index contributed by atoms with van der Waals surface area (Å²) in [5.41, 5.74) is 10.0. The number of hydrogen-bond donors (Lipinski definition) is 1. The van der Waals surface area contributed by atoms with Gasteiger partial charge in [0.25, 0.3) is 0 Å². The highest BCUT2D eigenvalue weighted by Gasteiger charge is 2.08. The van der Waals surface area contributed by atoms with E-state index < -0.39 is 0 Å². The Bertz CT molecular complexity index is 621. The van der Waals surface area contributed by atoms with E-state index in [1.165, 1.54) is 11.1 Å². The van der Waals surface area contributed by atoms with Gasteiger partial charge in [-0.2, -0.15) is 0 Å². The summed E-state index contributed by atoms with van der Waals surface area (Å²) in [6.45, 7) is 8.72. The molecular formula is C17H21NO2. The Kier molecular flexibility index (Phi) is 4.18. The highest BCUT2D eigenvalue weighted by Crippen LogP contribution is 2.32. The molecule has 0 aliphatic carbocycles. The fourth-order valence-electron chi connectivity index (χ4n) is 2.09. The Labute approximate surface area is 120 Å². The van der Waals surface area contributed by atoms with Crippen molar-refractivity contribution in [2.24, 2.45) is 0 Å². The van der Waals surface area contributed by atoms with E-state index >= 15 is 0 Å². The van der Waals surface area contributed by atoms with Crippen LogP contribution in [0.3, 0.4) is 0 Å². The maximum Gasteiger partial charge on any atom is 0.145 e. The summed E-state index contributed by atoms with van der Waals surface area (Å²) in [5, 5.41) is 0. The molecular weight excluding hydrogens is 250 g/mol. The van der Waals surface area contributed by atoms with Gasteiger partial charge in [0, 0.05) is 6.07 Å². The summed E-state index contributed by atoms with van der Waals surface area (Å²) in [5.74, 6) is 2.26. The van der Waals surface area contributed by atoms with Crippen LogP contribution in [-0.2, 0) is 0 Å². The monoisotopic (exact) mass is 271 g/mol. The normalized spacial score (nSPS) is 10.4. The van der Waals surface area contributed by atoms with Crippen molar-refractivity contribution in [1.29, 1.82) is 0 Å². The third kappa shape index (κ3) is 3.05. The number of nitrogens with two attached hydrogens (primary N) is 1. The van der Waals surface area contributed by atoms with Crippen molar-refractivity contribution in [3.05, 3.63) is 47.0 Å². The zero-order valence-corrected chi connectivity index (χ0v) is 12.5. The smallest absolute Gasteiger partial charge is 0.145 e. The number of nitrogen functional groups attached to an aromatic ring is 1. The lowest BCUT2D eigenvalue weighted by molar-refractivity contribution is 0.340. The van der Waals surface area contributed by atoms with E-state index in [1.807, 2.05) is 25.1 Å². The van der Waals surface area contributed by atoms with Crippen molar-refractivity contribution in [2.75, 3.05) is 12.3 Å². The molecule has 20 heavy (non-hydrogen) atoms. The van der Waals surface area contributed by atoms with Crippen LogP contribution in [0.4, 0.5) is 5.69 Å². The zero-order valence-electron chi connectivity index (χ0n) is 12.5. The van der Waals surface area contributed by atoms with E-state index in [9.17, 15) is 0 Å². The molecule has 0 radical (unpaired) electrons. The molecule has 0 fully saturated rings. The van der Waals surface area contributed by atoms with E-state index in [-0.39, 0.29) is 0 Å². The minimum atomic E-state index is 0.580. The predicted molar refractivity (Wildman–Crippen MR) is 82.8 cm³/mol. The molecule has 0 aliphatic heterocycles. The number of ether oxygens (including phenoxy) is 2. The molecule has 0 spiro atoms. The maximum absolute atomic E-state index is 5.98. The topological polar surface area (TPSA) is 44.5 Å². The first kappa shape index (κ1) is 14.3. The SMILES string of the molecule is CCOc1cc(Oc2cc(C)cc(C)c2C)ccc1N. The van der Waals surface area contributed by atoms with Gasteiger partial charge in [0.05, 0.1) is 12.3 Å². The molecule has 0 amide bonds. The predicted octanol–water partition coefficient (Wildman–Crippen LogP) is 4.39. The highest BCUT2D eigenvalue weighted by molar-refractivity contribution is 5.56. The lowest BCUT2D eigenvalue weighted by atomic mass is 10.1. The van der Waals surface area contributed by atoms with Gasteiger partial charge in [0.2, 0.25) is 0 Å². The summed E-state index contributed by atoms with van der Waals surface area (Å²) in [6, 6.07) is 9.68. The first-order chi connectivity index (χ1) is 9.51. The van der Waals surface area contributed by atoms with Crippen molar-refractivity contribution >= 4 is 5.69 Å². The summed E-state index contributed by atoms with van der Waals surface area (Å²) >= 11 is 0. The first-order valence-electron chi connectivity index (χ1n) is 6.79. The molecule has 2 aromatic carbocycles. The van der Waals surface area contributed by atoms with Crippen LogP contribution in [0.15, 0.2) is 30.3 Å². The van der Waals surface area contributed by atoms with E-state index in [0.29, 0.717) is 18.0 Å². The second-order valence-electron chi connectivity index (χ2n) is 4.94. The van der Waals surface area contributed by atoms with Crippen LogP contribution in [0, 0.1) is 20.8 Å². The molecule has 2 N–H and O–H groups in total. The van der Waals surface area contributed by atoms with Gasteiger partial charge < -0.3 is 15.2 Å². The van der Waals surface area contributed by atoms with Crippen molar-refractivity contribution in [3.8, 4) is 17.2 Å². The van der Waals surface area contributed by atoms with E-state index in [4.69, 9.17) is 15.2 Å². The van der Waals surface area contributed by atoms with Gasteiger partial charge in [0.1, 0.15) is 17.2 Å². The minimum absolute atomic E-state index is 0.580. The highest BCUT2D eigenvalue weighted by atomic mass is 16.5. The van der Waals surface area contributed by atoms with Crippen molar-refractivity contribution < 1.29 is 9.47 Å². The summed E-state index contributed by atoms with van der Waals surface area (Å²) in [7, 11) is 0. The molecule has 3 heteroatoms. The van der Waals surface area contributed by atoms with E-state index in [1.54, 1.807) is 6.07 Å². The lowest BCUT2D eigenvalue weighted by Gasteiger charge is -2.14. The molecule has 0 bridgehead atoms.